The highest BCUT2D eigenvalue weighted by atomic mass is 32.2. The Morgan fingerprint density at radius 3 is 2.48 bits per heavy atom. The van der Waals surface area contributed by atoms with Crippen LogP contribution < -0.4 is 9.88 Å². The molecular weight excluding hydrogens is 292 g/mol. The molecule has 21 heavy (non-hydrogen) atoms. The summed E-state index contributed by atoms with van der Waals surface area (Å²) in [6, 6.07) is 4.27. The molecule has 7 heteroatoms. The molecule has 0 bridgehead atoms. The maximum Gasteiger partial charge on any atom is 0.238 e. The van der Waals surface area contributed by atoms with Crippen LogP contribution in [0.3, 0.4) is 0 Å². The molecule has 0 aliphatic rings. The number of hydrogen-bond acceptors (Lipinski definition) is 4. The average Bonchev–Trinajstić information content (AvgIpc) is 2.43. The number of methoxy groups -OCH3 is 1. The summed E-state index contributed by atoms with van der Waals surface area (Å²) < 4.78 is 28.0. The molecule has 0 unspecified atom stereocenters. The molecule has 0 aliphatic carbocycles. The number of nitrogens with zero attached hydrogens (tertiary/aromatic N) is 1. The van der Waals surface area contributed by atoms with Gasteiger partial charge in [-0.3, -0.25) is 4.79 Å². The van der Waals surface area contributed by atoms with Gasteiger partial charge in [0.25, 0.3) is 0 Å². The minimum Gasteiger partial charge on any atom is -0.496 e. The summed E-state index contributed by atoms with van der Waals surface area (Å²) in [7, 11) is -2.33. The van der Waals surface area contributed by atoms with E-state index in [1.807, 2.05) is 13.8 Å². The van der Waals surface area contributed by atoms with Crippen molar-refractivity contribution in [1.82, 2.24) is 4.90 Å². The minimum atomic E-state index is -3.80. The SMILES string of the molecule is CCCN(CC)C(=O)Cc1cc(S(N)(=O)=O)ccc1OC. The summed E-state index contributed by atoms with van der Waals surface area (Å²) >= 11 is 0. The highest BCUT2D eigenvalue weighted by molar-refractivity contribution is 7.89. The first-order valence-corrected chi connectivity index (χ1v) is 8.35. The van der Waals surface area contributed by atoms with Crippen LogP contribution in [0.1, 0.15) is 25.8 Å². The summed E-state index contributed by atoms with van der Waals surface area (Å²) in [5.74, 6) is 0.410. The molecule has 0 saturated heterocycles. The van der Waals surface area contributed by atoms with E-state index in [9.17, 15) is 13.2 Å². The normalized spacial score (nSPS) is 11.2. The Labute approximate surface area is 125 Å². The lowest BCUT2D eigenvalue weighted by Gasteiger charge is -2.20. The molecule has 0 atom stereocenters. The number of rotatable bonds is 7. The van der Waals surface area contributed by atoms with E-state index in [4.69, 9.17) is 9.88 Å². The third-order valence-electron chi connectivity index (χ3n) is 3.15. The number of ether oxygens (including phenoxy) is 1. The topological polar surface area (TPSA) is 89.7 Å². The molecule has 6 nitrogen and oxygen atoms in total. The zero-order valence-corrected chi connectivity index (χ0v) is 13.4. The van der Waals surface area contributed by atoms with Crippen LogP contribution in [0.25, 0.3) is 0 Å². The lowest BCUT2D eigenvalue weighted by molar-refractivity contribution is -0.130. The van der Waals surface area contributed by atoms with Crippen molar-refractivity contribution in [1.29, 1.82) is 0 Å². The number of likely N-dealkylation sites (N-methyl/N-ethyl adjacent to an activating group) is 1. The number of benzene rings is 1. The molecule has 0 aliphatic heterocycles. The van der Waals surface area contributed by atoms with Gasteiger partial charge in [0.15, 0.2) is 0 Å². The molecule has 1 amide bonds. The van der Waals surface area contributed by atoms with Crippen molar-refractivity contribution in [2.75, 3.05) is 20.2 Å². The van der Waals surface area contributed by atoms with Crippen LogP contribution in [0.2, 0.25) is 0 Å². The Kier molecular flexibility index (Phi) is 6.17. The first kappa shape index (κ1) is 17.5. The number of hydrogen-bond donors (Lipinski definition) is 1. The van der Waals surface area contributed by atoms with Crippen molar-refractivity contribution < 1.29 is 17.9 Å². The van der Waals surface area contributed by atoms with Gasteiger partial charge in [0.1, 0.15) is 5.75 Å². The Morgan fingerprint density at radius 2 is 2.00 bits per heavy atom. The molecular formula is C14H22N2O4S. The molecule has 0 spiro atoms. The molecule has 0 fully saturated rings. The van der Waals surface area contributed by atoms with E-state index in [-0.39, 0.29) is 17.2 Å². The fourth-order valence-corrected chi connectivity index (χ4v) is 2.64. The molecule has 2 N–H and O–H groups in total. The monoisotopic (exact) mass is 314 g/mol. The molecule has 1 rings (SSSR count). The van der Waals surface area contributed by atoms with Crippen LogP contribution in [0, 0.1) is 0 Å². The van der Waals surface area contributed by atoms with Crippen LogP contribution in [0.4, 0.5) is 0 Å². The van der Waals surface area contributed by atoms with Crippen molar-refractivity contribution in [2.45, 2.75) is 31.6 Å². The number of nitrogens with two attached hydrogens (primary N) is 1. The third-order valence-corrected chi connectivity index (χ3v) is 4.06. The smallest absolute Gasteiger partial charge is 0.238 e. The Balaban J connectivity index is 3.08. The molecule has 0 aromatic heterocycles. The zero-order valence-electron chi connectivity index (χ0n) is 12.6. The molecule has 1 aromatic carbocycles. The van der Waals surface area contributed by atoms with E-state index in [0.717, 1.165) is 6.42 Å². The average molecular weight is 314 g/mol. The highest BCUT2D eigenvalue weighted by Crippen LogP contribution is 2.23. The van der Waals surface area contributed by atoms with Crippen LogP contribution in [-0.2, 0) is 21.2 Å². The predicted molar refractivity (Wildman–Crippen MR) is 80.6 cm³/mol. The summed E-state index contributed by atoms with van der Waals surface area (Å²) in [5, 5.41) is 5.12. The minimum absolute atomic E-state index is 0.0235. The fourth-order valence-electron chi connectivity index (χ4n) is 2.07. The summed E-state index contributed by atoms with van der Waals surface area (Å²) in [5.41, 5.74) is 0.517. The maximum absolute atomic E-state index is 12.3. The fraction of sp³-hybridized carbons (Fsp3) is 0.500. The number of carbonyl (C=O) groups is 1. The summed E-state index contributed by atoms with van der Waals surface area (Å²) in [6.45, 7) is 5.19. The second-order valence-electron chi connectivity index (χ2n) is 4.67. The molecule has 0 radical (unpaired) electrons. The summed E-state index contributed by atoms with van der Waals surface area (Å²) in [6.07, 6.45) is 0.953. The number of primary sulfonamides is 1. The number of amides is 1. The van der Waals surface area contributed by atoms with Gasteiger partial charge in [0.2, 0.25) is 15.9 Å². The quantitative estimate of drug-likeness (QED) is 0.817. The number of carbonyl (C=O) groups excluding carboxylic acids is 1. The van der Waals surface area contributed by atoms with Crippen LogP contribution in [0.15, 0.2) is 23.1 Å². The van der Waals surface area contributed by atoms with E-state index in [1.165, 1.54) is 25.3 Å². The lowest BCUT2D eigenvalue weighted by atomic mass is 10.1. The van der Waals surface area contributed by atoms with Gasteiger partial charge in [-0.25, -0.2) is 13.6 Å². The van der Waals surface area contributed by atoms with Gasteiger partial charge in [-0.2, -0.15) is 0 Å². The Hall–Kier alpha value is -1.60. The maximum atomic E-state index is 12.3. The van der Waals surface area contributed by atoms with Crippen molar-refractivity contribution in [3.05, 3.63) is 23.8 Å². The van der Waals surface area contributed by atoms with Crippen LogP contribution >= 0.6 is 0 Å². The van der Waals surface area contributed by atoms with E-state index in [2.05, 4.69) is 0 Å². The second kappa shape index (κ2) is 7.42. The Bertz CT molecular complexity index is 599. The van der Waals surface area contributed by atoms with Crippen LogP contribution in [-0.4, -0.2) is 39.4 Å². The first-order valence-electron chi connectivity index (χ1n) is 6.81. The van der Waals surface area contributed by atoms with Gasteiger partial charge in [-0.1, -0.05) is 6.92 Å². The van der Waals surface area contributed by atoms with Gasteiger partial charge >= 0.3 is 0 Å². The molecule has 118 valence electrons. The van der Waals surface area contributed by atoms with Crippen molar-refractivity contribution >= 4 is 15.9 Å². The van der Waals surface area contributed by atoms with Crippen molar-refractivity contribution in [3.8, 4) is 5.75 Å². The van der Waals surface area contributed by atoms with Gasteiger partial charge in [-0.15, -0.1) is 0 Å². The van der Waals surface area contributed by atoms with Gasteiger partial charge < -0.3 is 9.64 Å². The highest BCUT2D eigenvalue weighted by Gasteiger charge is 2.17. The van der Waals surface area contributed by atoms with E-state index >= 15 is 0 Å². The largest absolute Gasteiger partial charge is 0.496 e. The van der Waals surface area contributed by atoms with Gasteiger partial charge in [-0.05, 0) is 31.5 Å². The predicted octanol–water partition coefficient (Wildman–Crippen LogP) is 1.14. The zero-order chi connectivity index (χ0) is 16.0. The first-order chi connectivity index (χ1) is 9.83. The Morgan fingerprint density at radius 1 is 1.33 bits per heavy atom. The van der Waals surface area contributed by atoms with E-state index in [0.29, 0.717) is 24.4 Å². The third kappa shape index (κ3) is 4.71. The second-order valence-corrected chi connectivity index (χ2v) is 6.23. The number of sulfonamides is 1. The molecule has 1 aromatic rings. The van der Waals surface area contributed by atoms with Crippen molar-refractivity contribution in [2.24, 2.45) is 5.14 Å². The molecule has 0 saturated carbocycles. The van der Waals surface area contributed by atoms with Crippen molar-refractivity contribution in [3.63, 3.8) is 0 Å². The lowest BCUT2D eigenvalue weighted by Crippen LogP contribution is -2.32. The van der Waals surface area contributed by atoms with E-state index < -0.39 is 10.0 Å². The van der Waals surface area contributed by atoms with E-state index in [1.54, 1.807) is 4.90 Å². The standard InChI is InChI=1S/C14H22N2O4S/c1-4-8-16(5-2)14(17)10-11-9-12(21(15,18)19)6-7-13(11)20-3/h6-7,9H,4-5,8,10H2,1-3H3,(H2,15,18,19). The van der Waals surface area contributed by atoms with Gasteiger partial charge in [0, 0.05) is 18.7 Å². The van der Waals surface area contributed by atoms with Gasteiger partial charge in [0.05, 0.1) is 18.4 Å². The summed E-state index contributed by atoms with van der Waals surface area (Å²) in [4.78, 5) is 14.0. The molecule has 0 heterocycles. The van der Waals surface area contributed by atoms with Crippen LogP contribution in [0.5, 0.6) is 5.75 Å².